The van der Waals surface area contributed by atoms with Gasteiger partial charge in [-0.1, -0.05) is 28.1 Å². The van der Waals surface area contributed by atoms with Crippen molar-refractivity contribution in [1.29, 1.82) is 0 Å². The fourth-order valence-electron chi connectivity index (χ4n) is 2.21. The standard InChI is InChI=1S/C17H15BrN4O2S/c1-10-14(25-17(22-10)15-19-6-3-7-20-15)16(24)21-9-13(23)11-4-2-5-12(18)8-11/h2-8,13,23H,9H2,1H3,(H,21,24)/t13-/m1/s1. The van der Waals surface area contributed by atoms with Crippen LogP contribution in [-0.2, 0) is 0 Å². The zero-order valence-electron chi connectivity index (χ0n) is 13.3. The third-order valence-corrected chi connectivity index (χ3v) is 5.09. The molecular formula is C17H15BrN4O2S. The van der Waals surface area contributed by atoms with Gasteiger partial charge in [0.1, 0.15) is 4.88 Å². The number of hydrogen-bond acceptors (Lipinski definition) is 6. The van der Waals surface area contributed by atoms with Crippen molar-refractivity contribution < 1.29 is 9.90 Å². The molecule has 3 rings (SSSR count). The van der Waals surface area contributed by atoms with Crippen LogP contribution in [0.25, 0.3) is 10.8 Å². The number of benzene rings is 1. The van der Waals surface area contributed by atoms with Gasteiger partial charge >= 0.3 is 0 Å². The van der Waals surface area contributed by atoms with E-state index in [-0.39, 0.29) is 12.5 Å². The first-order chi connectivity index (χ1) is 12.0. The van der Waals surface area contributed by atoms with Gasteiger partial charge in [0.05, 0.1) is 11.8 Å². The van der Waals surface area contributed by atoms with Gasteiger partial charge in [0.2, 0.25) is 0 Å². The van der Waals surface area contributed by atoms with Crippen molar-refractivity contribution in [2.75, 3.05) is 6.54 Å². The summed E-state index contributed by atoms with van der Waals surface area (Å²) >= 11 is 4.60. The minimum Gasteiger partial charge on any atom is -0.387 e. The van der Waals surface area contributed by atoms with E-state index in [1.807, 2.05) is 24.3 Å². The van der Waals surface area contributed by atoms with Crippen molar-refractivity contribution in [3.8, 4) is 10.8 Å². The van der Waals surface area contributed by atoms with Crippen LogP contribution >= 0.6 is 27.3 Å². The van der Waals surface area contributed by atoms with Crippen molar-refractivity contribution in [2.45, 2.75) is 13.0 Å². The van der Waals surface area contributed by atoms with Crippen molar-refractivity contribution in [3.05, 3.63) is 63.3 Å². The number of rotatable bonds is 5. The Morgan fingerprint density at radius 2 is 2.08 bits per heavy atom. The van der Waals surface area contributed by atoms with Crippen LogP contribution < -0.4 is 5.32 Å². The van der Waals surface area contributed by atoms with E-state index in [4.69, 9.17) is 0 Å². The predicted molar refractivity (Wildman–Crippen MR) is 99.3 cm³/mol. The second-order valence-corrected chi connectivity index (χ2v) is 7.20. The second kappa shape index (κ2) is 7.81. The van der Waals surface area contributed by atoms with Gasteiger partial charge in [-0.05, 0) is 30.7 Å². The average Bonchev–Trinajstić information content (AvgIpc) is 3.02. The van der Waals surface area contributed by atoms with Crippen LogP contribution in [0.5, 0.6) is 0 Å². The van der Waals surface area contributed by atoms with E-state index in [2.05, 4.69) is 36.2 Å². The molecule has 0 saturated heterocycles. The van der Waals surface area contributed by atoms with Gasteiger partial charge in [-0.2, -0.15) is 0 Å². The molecule has 0 spiro atoms. The van der Waals surface area contributed by atoms with Gasteiger partial charge in [-0.25, -0.2) is 15.0 Å². The predicted octanol–water partition coefficient (Wildman–Crippen LogP) is 3.13. The second-order valence-electron chi connectivity index (χ2n) is 5.29. The molecule has 128 valence electrons. The first-order valence-electron chi connectivity index (χ1n) is 7.51. The molecule has 2 heterocycles. The van der Waals surface area contributed by atoms with Crippen LogP contribution in [0.2, 0.25) is 0 Å². The highest BCUT2D eigenvalue weighted by Crippen LogP contribution is 2.25. The van der Waals surface area contributed by atoms with Crippen molar-refractivity contribution in [3.63, 3.8) is 0 Å². The number of thiazole rings is 1. The van der Waals surface area contributed by atoms with Crippen LogP contribution in [0.15, 0.2) is 47.2 Å². The molecule has 3 aromatic rings. The lowest BCUT2D eigenvalue weighted by molar-refractivity contribution is 0.0919. The first-order valence-corrected chi connectivity index (χ1v) is 9.12. The number of amides is 1. The molecule has 0 radical (unpaired) electrons. The third kappa shape index (κ3) is 4.28. The van der Waals surface area contributed by atoms with Gasteiger partial charge in [0.15, 0.2) is 10.8 Å². The van der Waals surface area contributed by atoms with Crippen LogP contribution in [0.4, 0.5) is 0 Å². The lowest BCUT2D eigenvalue weighted by Gasteiger charge is -2.12. The molecule has 0 bridgehead atoms. The summed E-state index contributed by atoms with van der Waals surface area (Å²) in [7, 11) is 0. The maximum Gasteiger partial charge on any atom is 0.263 e. The largest absolute Gasteiger partial charge is 0.387 e. The number of aliphatic hydroxyl groups excluding tert-OH is 1. The SMILES string of the molecule is Cc1nc(-c2ncccn2)sc1C(=O)NC[C@@H](O)c1cccc(Br)c1. The molecule has 2 N–H and O–H groups in total. The molecule has 8 heteroatoms. The zero-order valence-corrected chi connectivity index (χ0v) is 15.7. The Balaban J connectivity index is 1.68. The Morgan fingerprint density at radius 3 is 2.80 bits per heavy atom. The molecule has 0 saturated carbocycles. The molecule has 2 aromatic heterocycles. The smallest absolute Gasteiger partial charge is 0.263 e. The van der Waals surface area contributed by atoms with Gasteiger partial charge < -0.3 is 10.4 Å². The normalized spacial score (nSPS) is 12.0. The average molecular weight is 419 g/mol. The molecule has 0 aliphatic carbocycles. The minimum absolute atomic E-state index is 0.115. The van der Waals surface area contributed by atoms with Crippen LogP contribution in [0, 0.1) is 6.92 Å². The van der Waals surface area contributed by atoms with E-state index in [1.165, 1.54) is 11.3 Å². The summed E-state index contributed by atoms with van der Waals surface area (Å²) < 4.78 is 0.876. The molecule has 1 atom stereocenters. The highest BCUT2D eigenvalue weighted by Gasteiger charge is 2.18. The highest BCUT2D eigenvalue weighted by molar-refractivity contribution is 9.10. The number of halogens is 1. The Kier molecular flexibility index (Phi) is 5.52. The number of nitrogens with one attached hydrogen (secondary N) is 1. The van der Waals surface area contributed by atoms with Gasteiger partial charge in [-0.3, -0.25) is 4.79 Å². The van der Waals surface area contributed by atoms with Crippen LogP contribution in [0.3, 0.4) is 0 Å². The van der Waals surface area contributed by atoms with Gasteiger partial charge in [-0.15, -0.1) is 11.3 Å². The molecule has 1 amide bonds. The van der Waals surface area contributed by atoms with E-state index in [0.29, 0.717) is 21.4 Å². The zero-order chi connectivity index (χ0) is 17.8. The number of aryl methyl sites for hydroxylation is 1. The van der Waals surface area contributed by atoms with E-state index in [1.54, 1.807) is 25.4 Å². The summed E-state index contributed by atoms with van der Waals surface area (Å²) in [6.45, 7) is 1.88. The lowest BCUT2D eigenvalue weighted by atomic mass is 10.1. The summed E-state index contributed by atoms with van der Waals surface area (Å²) in [6.07, 6.45) is 2.48. The Bertz CT molecular complexity index is 885. The Labute approximate surface area is 157 Å². The van der Waals surface area contributed by atoms with Crippen molar-refractivity contribution in [1.82, 2.24) is 20.3 Å². The van der Waals surface area contributed by atoms with E-state index < -0.39 is 6.10 Å². The van der Waals surface area contributed by atoms with Gasteiger partial charge in [0, 0.05) is 23.4 Å². The molecular weight excluding hydrogens is 404 g/mol. The fraction of sp³-hybridized carbons (Fsp3) is 0.176. The third-order valence-electron chi connectivity index (χ3n) is 3.45. The summed E-state index contributed by atoms with van der Waals surface area (Å²) in [5.41, 5.74) is 1.34. The quantitative estimate of drug-likeness (QED) is 0.664. The summed E-state index contributed by atoms with van der Waals surface area (Å²) in [5.74, 6) is 0.218. The number of aliphatic hydroxyl groups is 1. The Hall–Kier alpha value is -2.16. The molecule has 6 nitrogen and oxygen atoms in total. The topological polar surface area (TPSA) is 88.0 Å². The number of aromatic nitrogens is 3. The van der Waals surface area contributed by atoms with Crippen molar-refractivity contribution >= 4 is 33.2 Å². The fourth-order valence-corrected chi connectivity index (χ4v) is 3.56. The van der Waals surface area contributed by atoms with E-state index in [0.717, 1.165) is 10.0 Å². The summed E-state index contributed by atoms with van der Waals surface area (Å²) in [5, 5.41) is 13.6. The molecule has 1 aromatic carbocycles. The maximum atomic E-state index is 12.4. The first kappa shape index (κ1) is 17.7. The van der Waals surface area contributed by atoms with E-state index >= 15 is 0 Å². The summed E-state index contributed by atoms with van der Waals surface area (Å²) in [4.78, 5) is 25.6. The van der Waals surface area contributed by atoms with Gasteiger partial charge in [0.25, 0.3) is 5.91 Å². The Morgan fingerprint density at radius 1 is 1.32 bits per heavy atom. The number of nitrogens with zero attached hydrogens (tertiary/aromatic N) is 3. The van der Waals surface area contributed by atoms with E-state index in [9.17, 15) is 9.90 Å². The van der Waals surface area contributed by atoms with Crippen LogP contribution in [-0.4, -0.2) is 32.5 Å². The molecule has 0 fully saturated rings. The number of carbonyl (C=O) groups is 1. The summed E-state index contributed by atoms with van der Waals surface area (Å²) in [6, 6.07) is 9.07. The minimum atomic E-state index is -0.786. The van der Waals surface area contributed by atoms with Crippen LogP contribution in [0.1, 0.15) is 27.0 Å². The van der Waals surface area contributed by atoms with Crippen molar-refractivity contribution in [2.24, 2.45) is 0 Å². The number of carbonyl (C=O) groups excluding carboxylic acids is 1. The molecule has 0 aliphatic rings. The molecule has 0 aliphatic heterocycles. The maximum absolute atomic E-state index is 12.4. The monoisotopic (exact) mass is 418 g/mol. The highest BCUT2D eigenvalue weighted by atomic mass is 79.9. The molecule has 0 unspecified atom stereocenters. The lowest BCUT2D eigenvalue weighted by Crippen LogP contribution is -2.28. The number of hydrogen-bond donors (Lipinski definition) is 2. The molecule has 25 heavy (non-hydrogen) atoms.